The van der Waals surface area contributed by atoms with Crippen LogP contribution in [0.4, 0.5) is 5.69 Å². The SMILES string of the molecule is CC1=C(CC(=O)NCCSSCCC(=O)ON2C(=O)CC(S(=O)(=O)O)C2=O)COc2cc(N=[N+]=[N-])ccc21. The van der Waals surface area contributed by atoms with Gasteiger partial charge >= 0.3 is 5.97 Å². The molecule has 3 rings (SSSR count). The Labute approximate surface area is 225 Å². The van der Waals surface area contributed by atoms with Crippen LogP contribution in [0.5, 0.6) is 5.75 Å². The van der Waals surface area contributed by atoms with Crippen LogP contribution in [-0.2, 0) is 34.1 Å². The average Bonchev–Trinajstić information content (AvgIpc) is 3.14. The quantitative estimate of drug-likeness (QED) is 0.0693. The summed E-state index contributed by atoms with van der Waals surface area (Å²) in [5.41, 5.74) is 11.6. The second-order valence-electron chi connectivity index (χ2n) is 8.01. The van der Waals surface area contributed by atoms with Crippen molar-refractivity contribution in [3.8, 4) is 5.75 Å². The molecule has 2 N–H and O–H groups in total. The van der Waals surface area contributed by atoms with Crippen molar-refractivity contribution in [3.63, 3.8) is 0 Å². The van der Waals surface area contributed by atoms with Gasteiger partial charge in [0.25, 0.3) is 21.9 Å². The van der Waals surface area contributed by atoms with E-state index in [2.05, 4.69) is 20.2 Å². The Morgan fingerprint density at radius 1 is 1.32 bits per heavy atom. The standard InChI is InChI=1S/C21H23N5O9S3/c1-12-13(11-34-16-9-14(24-25-22)2-3-15(12)16)8-18(27)23-5-7-37-36-6-4-20(29)35-26-19(28)10-17(21(26)30)38(31,32)33/h2-3,9,17H,4-8,10-11H2,1H3,(H,23,27)(H,31,32,33). The fourth-order valence-corrected chi connectivity index (χ4v) is 6.07. The summed E-state index contributed by atoms with van der Waals surface area (Å²) in [6.45, 7) is 2.53. The average molecular weight is 586 g/mol. The van der Waals surface area contributed by atoms with E-state index in [4.69, 9.17) is 14.8 Å². The molecule has 204 valence electrons. The first-order valence-corrected chi connectivity index (χ1v) is 15.1. The van der Waals surface area contributed by atoms with Gasteiger partial charge in [0, 0.05) is 34.2 Å². The number of carbonyl (C=O) groups is 4. The fraction of sp³-hybridized carbons (Fsp3) is 0.429. The maximum atomic E-state index is 12.3. The van der Waals surface area contributed by atoms with Crippen molar-refractivity contribution in [1.82, 2.24) is 10.4 Å². The van der Waals surface area contributed by atoms with Crippen molar-refractivity contribution < 1.29 is 41.7 Å². The van der Waals surface area contributed by atoms with Crippen molar-refractivity contribution in [3.05, 3.63) is 39.8 Å². The molecule has 0 bridgehead atoms. The molecule has 14 nitrogen and oxygen atoms in total. The van der Waals surface area contributed by atoms with E-state index in [-0.39, 0.29) is 36.2 Å². The molecule has 1 aromatic rings. The Balaban J connectivity index is 1.32. The number of rotatable bonds is 12. The third kappa shape index (κ3) is 7.64. The summed E-state index contributed by atoms with van der Waals surface area (Å²) < 4.78 is 36.9. The smallest absolute Gasteiger partial charge is 0.334 e. The number of fused-ring (bicyclic) bond motifs is 1. The number of hydrogen-bond donors (Lipinski definition) is 2. The van der Waals surface area contributed by atoms with E-state index in [0.717, 1.165) is 16.7 Å². The van der Waals surface area contributed by atoms with Crippen LogP contribution in [-0.4, -0.2) is 71.6 Å². The molecular weight excluding hydrogens is 562 g/mol. The Morgan fingerprint density at radius 2 is 2.05 bits per heavy atom. The van der Waals surface area contributed by atoms with Crippen molar-refractivity contribution >= 4 is 66.7 Å². The number of imide groups is 1. The van der Waals surface area contributed by atoms with Crippen LogP contribution in [0.3, 0.4) is 0 Å². The molecule has 0 aliphatic carbocycles. The zero-order chi connectivity index (χ0) is 27.9. The van der Waals surface area contributed by atoms with E-state index in [1.165, 1.54) is 21.6 Å². The molecule has 38 heavy (non-hydrogen) atoms. The topological polar surface area (TPSA) is 205 Å². The molecule has 0 aromatic heterocycles. The number of nitrogens with one attached hydrogen (secondary N) is 1. The van der Waals surface area contributed by atoms with Gasteiger partial charge in [0.1, 0.15) is 12.4 Å². The van der Waals surface area contributed by atoms with E-state index in [1.807, 2.05) is 6.92 Å². The van der Waals surface area contributed by atoms with E-state index < -0.39 is 39.6 Å². The van der Waals surface area contributed by atoms with Crippen LogP contribution in [0, 0.1) is 0 Å². The molecule has 2 heterocycles. The van der Waals surface area contributed by atoms with Gasteiger partial charge in [-0.2, -0.15) is 8.42 Å². The predicted molar refractivity (Wildman–Crippen MR) is 138 cm³/mol. The molecule has 1 aromatic carbocycles. The Morgan fingerprint density at radius 3 is 2.74 bits per heavy atom. The highest BCUT2D eigenvalue weighted by Gasteiger charge is 2.48. The molecule has 0 spiro atoms. The molecule has 17 heteroatoms. The second kappa shape index (κ2) is 13.0. The van der Waals surface area contributed by atoms with Crippen LogP contribution in [0.2, 0.25) is 0 Å². The summed E-state index contributed by atoms with van der Waals surface area (Å²) in [6, 6.07) is 5.11. The lowest BCUT2D eigenvalue weighted by atomic mass is 9.96. The number of allylic oxidation sites excluding steroid dienone is 1. The lowest BCUT2D eigenvalue weighted by Gasteiger charge is -2.22. The highest BCUT2D eigenvalue weighted by molar-refractivity contribution is 8.76. The van der Waals surface area contributed by atoms with Gasteiger partial charge in [0.05, 0.1) is 19.3 Å². The summed E-state index contributed by atoms with van der Waals surface area (Å²) in [7, 11) is -2.08. The number of hydroxylamine groups is 2. The van der Waals surface area contributed by atoms with Gasteiger partial charge in [0.15, 0.2) is 5.25 Å². The Hall–Kier alpha value is -3.24. The summed E-state index contributed by atoms with van der Waals surface area (Å²) in [6.07, 6.45) is -0.783. The number of nitrogens with zero attached hydrogens (tertiary/aromatic N) is 4. The third-order valence-electron chi connectivity index (χ3n) is 5.43. The van der Waals surface area contributed by atoms with Crippen LogP contribution in [0.15, 0.2) is 28.9 Å². The van der Waals surface area contributed by atoms with Gasteiger partial charge in [-0.15, -0.1) is 5.06 Å². The molecule has 1 saturated heterocycles. The number of amides is 3. The van der Waals surface area contributed by atoms with Gasteiger partial charge in [0.2, 0.25) is 5.91 Å². The fourth-order valence-electron chi connectivity index (χ4n) is 3.49. The van der Waals surface area contributed by atoms with Crippen molar-refractivity contribution in [2.45, 2.75) is 31.4 Å². The monoisotopic (exact) mass is 585 g/mol. The van der Waals surface area contributed by atoms with E-state index in [1.54, 1.807) is 18.2 Å². The van der Waals surface area contributed by atoms with Crippen molar-refractivity contribution in [1.29, 1.82) is 0 Å². The predicted octanol–water partition coefficient (Wildman–Crippen LogP) is 2.55. The zero-order valence-corrected chi connectivity index (χ0v) is 22.4. The largest absolute Gasteiger partial charge is 0.489 e. The summed E-state index contributed by atoms with van der Waals surface area (Å²) >= 11 is 0. The highest BCUT2D eigenvalue weighted by atomic mass is 33.1. The highest BCUT2D eigenvalue weighted by Crippen LogP contribution is 2.36. The maximum absolute atomic E-state index is 12.3. The van der Waals surface area contributed by atoms with Crippen LogP contribution < -0.4 is 10.1 Å². The molecule has 0 saturated carbocycles. The second-order valence-corrected chi connectivity index (χ2v) is 12.3. The number of carbonyl (C=O) groups excluding carboxylic acids is 4. The molecule has 2 aliphatic rings. The van der Waals surface area contributed by atoms with Crippen molar-refractivity contribution in [2.75, 3.05) is 24.7 Å². The van der Waals surface area contributed by atoms with Crippen molar-refractivity contribution in [2.24, 2.45) is 5.11 Å². The van der Waals surface area contributed by atoms with Gasteiger partial charge in [-0.05, 0) is 29.7 Å². The molecular formula is C21H23N5O9S3. The van der Waals surface area contributed by atoms with E-state index >= 15 is 0 Å². The summed E-state index contributed by atoms with van der Waals surface area (Å²) in [5.74, 6) is -2.00. The molecule has 3 amide bonds. The number of hydrogen-bond acceptors (Lipinski definition) is 11. The number of ether oxygens (including phenoxy) is 1. The van der Waals surface area contributed by atoms with Crippen LogP contribution >= 0.6 is 21.6 Å². The normalized spacial score (nSPS) is 17.0. The summed E-state index contributed by atoms with van der Waals surface area (Å²) in [5, 5.41) is 4.47. The maximum Gasteiger partial charge on any atom is 0.334 e. The Kier molecular flexibility index (Phi) is 10.0. The zero-order valence-electron chi connectivity index (χ0n) is 20.0. The first-order valence-electron chi connectivity index (χ1n) is 11.1. The first kappa shape index (κ1) is 29.3. The Bertz CT molecular complexity index is 1330. The van der Waals surface area contributed by atoms with Crippen LogP contribution in [0.25, 0.3) is 16.0 Å². The van der Waals surface area contributed by atoms with Gasteiger partial charge in [-0.3, -0.25) is 18.9 Å². The van der Waals surface area contributed by atoms with E-state index in [9.17, 15) is 27.6 Å². The molecule has 1 fully saturated rings. The molecule has 1 unspecified atom stereocenters. The van der Waals surface area contributed by atoms with Crippen LogP contribution in [0.1, 0.15) is 31.7 Å². The molecule has 0 radical (unpaired) electrons. The lowest BCUT2D eigenvalue weighted by Crippen LogP contribution is -2.36. The van der Waals surface area contributed by atoms with E-state index in [0.29, 0.717) is 23.7 Å². The minimum atomic E-state index is -4.78. The molecule has 1 atom stereocenters. The first-order chi connectivity index (χ1) is 18.0. The van der Waals surface area contributed by atoms with Gasteiger partial charge in [-0.1, -0.05) is 38.8 Å². The number of azide groups is 1. The lowest BCUT2D eigenvalue weighted by molar-refractivity contribution is -0.197. The van der Waals surface area contributed by atoms with Gasteiger partial charge in [-0.25, -0.2) is 4.79 Å². The third-order valence-corrected chi connectivity index (χ3v) is 8.93. The summed E-state index contributed by atoms with van der Waals surface area (Å²) in [4.78, 5) is 55.2. The minimum Gasteiger partial charge on any atom is -0.489 e. The minimum absolute atomic E-state index is 0.0712. The molecule has 2 aliphatic heterocycles. The number of benzene rings is 1. The van der Waals surface area contributed by atoms with Gasteiger partial charge < -0.3 is 14.9 Å².